The standard InChI is InChI=1S/C23H14ClF2NO/c24-22-21(28)14-20(16-10-4-6-12-18(16)25)27(15-8-2-1-3-9-15)23(22)17-11-5-7-13-19(17)26/h1-14H. The van der Waals surface area contributed by atoms with Gasteiger partial charge in [0.1, 0.15) is 16.7 Å². The quantitative estimate of drug-likeness (QED) is 0.412. The van der Waals surface area contributed by atoms with E-state index in [1.54, 1.807) is 65.2 Å². The topological polar surface area (TPSA) is 22.0 Å². The van der Waals surface area contributed by atoms with Crippen LogP contribution in [0.5, 0.6) is 0 Å². The van der Waals surface area contributed by atoms with Crippen LogP contribution in [0.2, 0.25) is 5.02 Å². The summed E-state index contributed by atoms with van der Waals surface area (Å²) in [6, 6.07) is 22.5. The second-order valence-corrected chi connectivity index (χ2v) is 6.57. The smallest absolute Gasteiger partial charge is 0.201 e. The average molecular weight is 394 g/mol. The van der Waals surface area contributed by atoms with Gasteiger partial charge in [0.25, 0.3) is 0 Å². The molecule has 0 spiro atoms. The zero-order valence-corrected chi connectivity index (χ0v) is 15.3. The highest BCUT2D eigenvalue weighted by Gasteiger charge is 2.21. The van der Waals surface area contributed by atoms with Gasteiger partial charge in [-0.15, -0.1) is 0 Å². The summed E-state index contributed by atoms with van der Waals surface area (Å²) < 4.78 is 30.9. The van der Waals surface area contributed by atoms with Crippen molar-refractivity contribution >= 4 is 11.6 Å². The van der Waals surface area contributed by atoms with Crippen LogP contribution in [0.15, 0.2) is 89.7 Å². The fourth-order valence-corrected chi connectivity index (χ4v) is 3.43. The summed E-state index contributed by atoms with van der Waals surface area (Å²) in [5, 5.41) is -0.131. The van der Waals surface area contributed by atoms with Crippen LogP contribution < -0.4 is 5.43 Å². The van der Waals surface area contributed by atoms with Crippen LogP contribution in [0, 0.1) is 11.6 Å². The molecule has 0 saturated carbocycles. The van der Waals surface area contributed by atoms with Gasteiger partial charge in [-0.1, -0.05) is 54.1 Å². The monoisotopic (exact) mass is 393 g/mol. The van der Waals surface area contributed by atoms with Crippen molar-refractivity contribution < 1.29 is 8.78 Å². The van der Waals surface area contributed by atoms with Crippen molar-refractivity contribution in [1.29, 1.82) is 0 Å². The van der Waals surface area contributed by atoms with Crippen LogP contribution in [0.1, 0.15) is 0 Å². The molecular weight excluding hydrogens is 380 g/mol. The van der Waals surface area contributed by atoms with E-state index in [1.807, 2.05) is 6.07 Å². The zero-order valence-electron chi connectivity index (χ0n) is 14.6. The molecular formula is C23H14ClF2NO. The predicted molar refractivity (Wildman–Crippen MR) is 108 cm³/mol. The summed E-state index contributed by atoms with van der Waals surface area (Å²) in [4.78, 5) is 12.6. The molecule has 5 heteroatoms. The first kappa shape index (κ1) is 18.1. The molecule has 0 saturated heterocycles. The number of hydrogen-bond donors (Lipinski definition) is 0. The molecule has 0 N–H and O–H groups in total. The molecule has 4 rings (SSSR count). The minimum atomic E-state index is -0.529. The second-order valence-electron chi connectivity index (χ2n) is 6.19. The molecule has 0 aliphatic heterocycles. The Kier molecular flexibility index (Phi) is 4.80. The molecule has 1 heterocycles. The number of benzene rings is 3. The maximum absolute atomic E-state index is 14.6. The fourth-order valence-electron chi connectivity index (χ4n) is 3.19. The van der Waals surface area contributed by atoms with E-state index in [1.165, 1.54) is 18.2 Å². The lowest BCUT2D eigenvalue weighted by atomic mass is 10.0. The Morgan fingerprint density at radius 3 is 1.86 bits per heavy atom. The molecule has 0 aliphatic rings. The molecule has 0 fully saturated rings. The highest BCUT2D eigenvalue weighted by molar-refractivity contribution is 6.33. The van der Waals surface area contributed by atoms with E-state index >= 15 is 0 Å². The van der Waals surface area contributed by atoms with E-state index in [2.05, 4.69) is 0 Å². The third kappa shape index (κ3) is 3.12. The summed E-state index contributed by atoms with van der Waals surface area (Å²) in [7, 11) is 0. The van der Waals surface area contributed by atoms with Gasteiger partial charge >= 0.3 is 0 Å². The number of aromatic nitrogens is 1. The highest BCUT2D eigenvalue weighted by Crippen LogP contribution is 2.35. The number of rotatable bonds is 3. The Hall–Kier alpha value is -3.24. The summed E-state index contributed by atoms with van der Waals surface area (Å²) in [6.07, 6.45) is 0. The van der Waals surface area contributed by atoms with Crippen molar-refractivity contribution in [2.24, 2.45) is 0 Å². The first-order valence-electron chi connectivity index (χ1n) is 8.58. The molecule has 0 aliphatic carbocycles. The molecule has 0 unspecified atom stereocenters. The van der Waals surface area contributed by atoms with Gasteiger partial charge in [-0.05, 0) is 36.4 Å². The summed E-state index contributed by atoms with van der Waals surface area (Å²) in [5.41, 5.74) is 0.962. The molecule has 138 valence electrons. The van der Waals surface area contributed by atoms with Gasteiger partial charge in [-0.2, -0.15) is 0 Å². The van der Waals surface area contributed by atoms with Crippen molar-refractivity contribution in [3.63, 3.8) is 0 Å². The SMILES string of the molecule is O=c1cc(-c2ccccc2F)n(-c2ccccc2)c(-c2ccccc2F)c1Cl. The van der Waals surface area contributed by atoms with Crippen molar-refractivity contribution in [3.8, 4) is 28.2 Å². The highest BCUT2D eigenvalue weighted by atomic mass is 35.5. The van der Waals surface area contributed by atoms with Crippen LogP contribution in [0.25, 0.3) is 28.2 Å². The van der Waals surface area contributed by atoms with Crippen molar-refractivity contribution in [2.75, 3.05) is 0 Å². The van der Waals surface area contributed by atoms with Crippen molar-refractivity contribution in [3.05, 3.63) is 112 Å². The van der Waals surface area contributed by atoms with Gasteiger partial charge in [0.2, 0.25) is 5.43 Å². The van der Waals surface area contributed by atoms with Gasteiger partial charge in [0, 0.05) is 22.9 Å². The Morgan fingerprint density at radius 1 is 0.714 bits per heavy atom. The second kappa shape index (κ2) is 7.41. The van der Waals surface area contributed by atoms with Crippen molar-refractivity contribution in [2.45, 2.75) is 0 Å². The minimum Gasteiger partial charge on any atom is -0.307 e. The van der Waals surface area contributed by atoms with Crippen LogP contribution in [-0.4, -0.2) is 4.57 Å². The van der Waals surface area contributed by atoms with Gasteiger partial charge in [-0.25, -0.2) is 8.78 Å². The van der Waals surface area contributed by atoms with E-state index in [0.29, 0.717) is 5.69 Å². The molecule has 0 atom stereocenters. The van der Waals surface area contributed by atoms with Crippen LogP contribution in [-0.2, 0) is 0 Å². The third-order valence-corrected chi connectivity index (χ3v) is 4.82. The molecule has 0 bridgehead atoms. The maximum Gasteiger partial charge on any atom is 0.201 e. The minimum absolute atomic E-state index is 0.131. The van der Waals surface area contributed by atoms with Gasteiger partial charge in [0.15, 0.2) is 0 Å². The number of halogens is 3. The lowest BCUT2D eigenvalue weighted by Gasteiger charge is -2.21. The third-order valence-electron chi connectivity index (χ3n) is 4.45. The largest absolute Gasteiger partial charge is 0.307 e. The number of para-hydroxylation sites is 1. The number of nitrogens with zero attached hydrogens (tertiary/aromatic N) is 1. The summed E-state index contributed by atoms with van der Waals surface area (Å²) >= 11 is 6.36. The average Bonchev–Trinajstić information content (AvgIpc) is 2.71. The lowest BCUT2D eigenvalue weighted by molar-refractivity contribution is 0.628. The van der Waals surface area contributed by atoms with Gasteiger partial charge in [-0.3, -0.25) is 4.79 Å². The summed E-state index contributed by atoms with van der Waals surface area (Å²) in [6.45, 7) is 0. The van der Waals surface area contributed by atoms with E-state index in [0.717, 1.165) is 0 Å². The van der Waals surface area contributed by atoms with Gasteiger partial charge in [0.05, 0.1) is 11.4 Å². The van der Waals surface area contributed by atoms with Gasteiger partial charge < -0.3 is 4.57 Å². The molecule has 3 aromatic carbocycles. The first-order chi connectivity index (χ1) is 13.6. The molecule has 1 aromatic heterocycles. The molecule has 2 nitrogen and oxygen atoms in total. The fraction of sp³-hybridized carbons (Fsp3) is 0. The Labute approximate surface area is 165 Å². The van der Waals surface area contributed by atoms with Crippen molar-refractivity contribution in [1.82, 2.24) is 4.57 Å². The summed E-state index contributed by atoms with van der Waals surface area (Å²) in [5.74, 6) is -1.02. The predicted octanol–water partition coefficient (Wildman–Crippen LogP) is 6.10. The number of pyridine rings is 1. The first-order valence-corrected chi connectivity index (χ1v) is 8.96. The lowest BCUT2D eigenvalue weighted by Crippen LogP contribution is -2.14. The van der Waals surface area contributed by atoms with Crippen LogP contribution in [0.3, 0.4) is 0 Å². The van der Waals surface area contributed by atoms with E-state index < -0.39 is 17.1 Å². The maximum atomic E-state index is 14.6. The molecule has 4 aromatic rings. The van der Waals surface area contributed by atoms with E-state index in [9.17, 15) is 13.6 Å². The molecule has 0 amide bonds. The Balaban J connectivity index is 2.19. The Bertz CT molecular complexity index is 1220. The Morgan fingerprint density at radius 2 is 1.25 bits per heavy atom. The van der Waals surface area contributed by atoms with Crippen LogP contribution >= 0.6 is 11.6 Å². The number of hydrogen-bond acceptors (Lipinski definition) is 1. The van der Waals surface area contributed by atoms with Crippen LogP contribution in [0.4, 0.5) is 8.78 Å². The molecule has 0 radical (unpaired) electrons. The normalized spacial score (nSPS) is 10.8. The molecule has 28 heavy (non-hydrogen) atoms. The van der Waals surface area contributed by atoms with E-state index in [4.69, 9.17) is 11.6 Å². The van der Waals surface area contributed by atoms with E-state index in [-0.39, 0.29) is 27.5 Å². The zero-order chi connectivity index (χ0) is 19.7.